The number of anilines is 1. The van der Waals surface area contributed by atoms with Gasteiger partial charge < -0.3 is 9.73 Å². The van der Waals surface area contributed by atoms with Gasteiger partial charge in [0.25, 0.3) is 11.8 Å². The molecule has 1 saturated carbocycles. The van der Waals surface area contributed by atoms with E-state index in [0.29, 0.717) is 29.0 Å². The fourth-order valence-corrected chi connectivity index (χ4v) is 4.60. The Labute approximate surface area is 213 Å². The summed E-state index contributed by atoms with van der Waals surface area (Å²) in [6.45, 7) is 5.85. The van der Waals surface area contributed by atoms with E-state index in [2.05, 4.69) is 34.6 Å². The molecule has 4 aromatic rings. The third-order valence-corrected chi connectivity index (χ3v) is 6.90. The van der Waals surface area contributed by atoms with Crippen molar-refractivity contribution in [3.63, 3.8) is 0 Å². The molecule has 1 aromatic carbocycles. The molecule has 3 heterocycles. The summed E-state index contributed by atoms with van der Waals surface area (Å²) in [6.07, 6.45) is 1.86. The monoisotopic (exact) mass is 504 g/mol. The highest BCUT2D eigenvalue weighted by Gasteiger charge is 2.38. The molecule has 0 bridgehead atoms. The van der Waals surface area contributed by atoms with Gasteiger partial charge in [0.1, 0.15) is 18.1 Å². The number of carbonyl (C=O) groups excluding carboxylic acids is 2. The Morgan fingerprint density at radius 1 is 1.17 bits per heavy atom. The van der Waals surface area contributed by atoms with Crippen LogP contribution in [0.2, 0.25) is 0 Å². The fourth-order valence-electron chi connectivity index (χ4n) is 3.95. The van der Waals surface area contributed by atoms with Crippen molar-refractivity contribution >= 4 is 28.8 Å². The second kappa shape index (κ2) is 10.1. The molecule has 2 amide bonds. The second-order valence-corrected chi connectivity index (χ2v) is 10.2. The third-order valence-electron chi connectivity index (χ3n) is 6.04. The Morgan fingerprint density at radius 3 is 2.56 bits per heavy atom. The molecule has 0 aliphatic heterocycles. The van der Waals surface area contributed by atoms with Crippen molar-refractivity contribution in [2.75, 3.05) is 4.90 Å². The number of aromatic nitrogens is 4. The first kappa shape index (κ1) is 23.9. The van der Waals surface area contributed by atoms with Gasteiger partial charge in [0.05, 0.1) is 4.88 Å². The van der Waals surface area contributed by atoms with E-state index in [-0.39, 0.29) is 24.4 Å². The van der Waals surface area contributed by atoms with E-state index in [9.17, 15) is 9.59 Å². The maximum absolute atomic E-state index is 13.8. The topological polar surface area (TPSA) is 106 Å². The van der Waals surface area contributed by atoms with Gasteiger partial charge in [-0.15, -0.1) is 21.5 Å². The van der Waals surface area contributed by atoms with Crippen molar-refractivity contribution < 1.29 is 14.0 Å². The summed E-state index contributed by atoms with van der Waals surface area (Å²) in [5.41, 5.74) is 1.73. The van der Waals surface area contributed by atoms with E-state index in [4.69, 9.17) is 4.42 Å². The smallest absolute Gasteiger partial charge is 0.251 e. The van der Waals surface area contributed by atoms with Crippen LogP contribution in [0, 0.1) is 6.92 Å². The predicted molar refractivity (Wildman–Crippen MR) is 136 cm³/mol. The van der Waals surface area contributed by atoms with Crippen LogP contribution in [0.5, 0.6) is 0 Å². The first-order valence-electron chi connectivity index (χ1n) is 12.0. The molecule has 1 aliphatic rings. The second-order valence-electron chi connectivity index (χ2n) is 9.26. The molecular formula is C26H28N6O3S. The van der Waals surface area contributed by atoms with E-state index in [1.807, 2.05) is 48.7 Å². The summed E-state index contributed by atoms with van der Waals surface area (Å²) in [7, 11) is 0. The minimum Gasteiger partial charge on any atom is -0.464 e. The fraction of sp³-hybridized carbons (Fsp3) is 0.346. The molecule has 3 aromatic heterocycles. The molecule has 186 valence electrons. The van der Waals surface area contributed by atoms with Gasteiger partial charge in [-0.3, -0.25) is 14.5 Å². The summed E-state index contributed by atoms with van der Waals surface area (Å²) < 4.78 is 5.88. The lowest BCUT2D eigenvalue weighted by molar-refractivity contribution is -0.127. The van der Waals surface area contributed by atoms with E-state index in [0.717, 1.165) is 23.3 Å². The Morgan fingerprint density at radius 2 is 1.94 bits per heavy atom. The molecular weight excluding hydrogens is 476 g/mol. The number of furan rings is 1. The van der Waals surface area contributed by atoms with Gasteiger partial charge in [0.15, 0.2) is 6.04 Å². The van der Waals surface area contributed by atoms with E-state index in [1.54, 1.807) is 12.1 Å². The predicted octanol–water partition coefficient (Wildman–Crippen LogP) is 4.48. The van der Waals surface area contributed by atoms with E-state index >= 15 is 0 Å². The zero-order valence-corrected chi connectivity index (χ0v) is 21.2. The average Bonchev–Trinajstić information content (AvgIpc) is 3.24. The van der Waals surface area contributed by atoms with Crippen molar-refractivity contribution in [1.29, 1.82) is 0 Å². The number of aryl methyl sites for hydroxylation is 1. The number of benzene rings is 1. The molecule has 1 fully saturated rings. The van der Waals surface area contributed by atoms with Crippen LogP contribution in [0.1, 0.15) is 55.7 Å². The lowest BCUT2D eigenvalue weighted by atomic mass is 10.0. The number of thiophene rings is 1. The van der Waals surface area contributed by atoms with Crippen LogP contribution in [-0.2, 0) is 16.1 Å². The van der Waals surface area contributed by atoms with Crippen LogP contribution in [-0.4, -0.2) is 38.1 Å². The van der Waals surface area contributed by atoms with E-state index in [1.165, 1.54) is 21.0 Å². The van der Waals surface area contributed by atoms with Crippen molar-refractivity contribution in [1.82, 2.24) is 25.5 Å². The standard InChI is InChI=1S/C26H28N6O3S/c1-16(2)18-7-11-20(12-8-18)32(23(33)15-31-29-25(28-30-31)22-5-4-14-36-22)24(21-13-6-17(3)35-21)26(34)27-19-9-10-19/h4-8,11-14,16,19,24H,9-10,15H2,1-3H3,(H,27,34)/t24-/m1/s1. The van der Waals surface area contributed by atoms with Crippen LogP contribution in [0.25, 0.3) is 10.7 Å². The first-order valence-corrected chi connectivity index (χ1v) is 12.9. The zero-order valence-electron chi connectivity index (χ0n) is 20.4. The summed E-state index contributed by atoms with van der Waals surface area (Å²) in [6, 6.07) is 14.2. The van der Waals surface area contributed by atoms with Crippen molar-refractivity contribution in [3.05, 3.63) is 71.0 Å². The molecule has 1 aliphatic carbocycles. The number of nitrogens with one attached hydrogen (secondary N) is 1. The average molecular weight is 505 g/mol. The Kier molecular flexibility index (Phi) is 6.69. The SMILES string of the molecule is Cc1ccc([C@H](C(=O)NC2CC2)N(C(=O)Cn2nnc(-c3cccs3)n2)c2ccc(C(C)C)cc2)o1. The number of amides is 2. The molecule has 1 atom stereocenters. The largest absolute Gasteiger partial charge is 0.464 e. The summed E-state index contributed by atoms with van der Waals surface area (Å²) in [5.74, 6) is 1.22. The van der Waals surface area contributed by atoms with Crippen LogP contribution in [0.15, 0.2) is 58.3 Å². The molecule has 0 saturated heterocycles. The van der Waals surface area contributed by atoms with Gasteiger partial charge in [-0.05, 0) is 72.2 Å². The normalized spacial score (nSPS) is 14.1. The third kappa shape index (κ3) is 5.23. The number of hydrogen-bond acceptors (Lipinski definition) is 7. The highest BCUT2D eigenvalue weighted by Crippen LogP contribution is 2.32. The summed E-state index contributed by atoms with van der Waals surface area (Å²) in [4.78, 5) is 30.9. The minimum atomic E-state index is -0.975. The maximum atomic E-state index is 13.8. The van der Waals surface area contributed by atoms with E-state index < -0.39 is 6.04 Å². The highest BCUT2D eigenvalue weighted by atomic mass is 32.1. The number of rotatable bonds is 9. The zero-order chi connectivity index (χ0) is 25.2. The van der Waals surface area contributed by atoms with Crippen LogP contribution in [0.3, 0.4) is 0 Å². The maximum Gasteiger partial charge on any atom is 0.251 e. The van der Waals surface area contributed by atoms with Gasteiger partial charge in [0.2, 0.25) is 5.82 Å². The lowest BCUT2D eigenvalue weighted by Gasteiger charge is -2.30. The Balaban J connectivity index is 1.51. The molecule has 36 heavy (non-hydrogen) atoms. The first-order chi connectivity index (χ1) is 17.4. The molecule has 1 N–H and O–H groups in total. The minimum absolute atomic E-state index is 0.127. The van der Waals surface area contributed by atoms with Crippen LogP contribution < -0.4 is 10.2 Å². The molecule has 0 radical (unpaired) electrons. The number of nitrogens with zero attached hydrogens (tertiary/aromatic N) is 5. The summed E-state index contributed by atoms with van der Waals surface area (Å²) >= 11 is 1.50. The Hall–Kier alpha value is -3.79. The van der Waals surface area contributed by atoms with Gasteiger partial charge in [-0.1, -0.05) is 32.0 Å². The van der Waals surface area contributed by atoms with Gasteiger partial charge in [0, 0.05) is 11.7 Å². The quantitative estimate of drug-likeness (QED) is 0.360. The molecule has 0 unspecified atom stereocenters. The van der Waals surface area contributed by atoms with Gasteiger partial charge >= 0.3 is 0 Å². The van der Waals surface area contributed by atoms with Crippen LogP contribution >= 0.6 is 11.3 Å². The molecule has 5 rings (SSSR count). The molecule has 10 heteroatoms. The van der Waals surface area contributed by atoms with Gasteiger partial charge in [-0.25, -0.2) is 0 Å². The summed E-state index contributed by atoms with van der Waals surface area (Å²) in [5, 5.41) is 17.5. The van der Waals surface area contributed by atoms with Gasteiger partial charge in [-0.2, -0.15) is 4.80 Å². The molecule has 9 nitrogen and oxygen atoms in total. The molecule has 0 spiro atoms. The van der Waals surface area contributed by atoms with Crippen molar-refractivity contribution in [2.24, 2.45) is 0 Å². The number of hydrogen-bond donors (Lipinski definition) is 1. The van der Waals surface area contributed by atoms with Crippen molar-refractivity contribution in [3.8, 4) is 10.7 Å². The Bertz CT molecular complexity index is 1340. The number of tetrazole rings is 1. The number of carbonyl (C=O) groups is 2. The highest BCUT2D eigenvalue weighted by molar-refractivity contribution is 7.13. The van der Waals surface area contributed by atoms with Crippen LogP contribution in [0.4, 0.5) is 5.69 Å². The lowest BCUT2D eigenvalue weighted by Crippen LogP contribution is -2.45. The van der Waals surface area contributed by atoms with Crippen molar-refractivity contribution in [2.45, 2.75) is 58.2 Å².